The molecule has 4 nitrogen and oxygen atoms in total. The zero-order chi connectivity index (χ0) is 14.5. The van der Waals surface area contributed by atoms with Crippen LogP contribution in [0.2, 0.25) is 0 Å². The van der Waals surface area contributed by atoms with Gasteiger partial charge >= 0.3 is 6.09 Å². The maximum atomic E-state index is 11.2. The summed E-state index contributed by atoms with van der Waals surface area (Å²) < 4.78 is 5.12. The fourth-order valence-corrected chi connectivity index (χ4v) is 2.74. The van der Waals surface area contributed by atoms with Gasteiger partial charge in [-0.1, -0.05) is 24.3 Å². The first-order valence-electron chi connectivity index (χ1n) is 6.38. The summed E-state index contributed by atoms with van der Waals surface area (Å²) in [5.41, 5.74) is 9.05. The van der Waals surface area contributed by atoms with Crippen molar-refractivity contribution >= 4 is 17.4 Å². The summed E-state index contributed by atoms with van der Waals surface area (Å²) in [6.45, 7) is 2.22. The highest BCUT2D eigenvalue weighted by atomic mass is 32.1. The summed E-state index contributed by atoms with van der Waals surface area (Å²) >= 11 is 1.64. The minimum absolute atomic E-state index is 0.0306. The van der Waals surface area contributed by atoms with Gasteiger partial charge in [0.15, 0.2) is 0 Å². The van der Waals surface area contributed by atoms with Gasteiger partial charge in [0, 0.05) is 18.0 Å². The molecule has 0 spiro atoms. The fourth-order valence-electron chi connectivity index (χ4n) is 1.88. The average molecular weight is 290 g/mol. The number of carbonyl (C=O) groups is 1. The van der Waals surface area contributed by atoms with Crippen molar-refractivity contribution in [2.24, 2.45) is 5.73 Å². The highest BCUT2D eigenvalue weighted by molar-refractivity contribution is 7.10. The molecule has 0 saturated heterocycles. The van der Waals surface area contributed by atoms with Crippen LogP contribution >= 0.6 is 11.3 Å². The number of thiophene rings is 1. The first-order valence-corrected chi connectivity index (χ1v) is 7.26. The molecule has 3 N–H and O–H groups in total. The topological polar surface area (TPSA) is 64.3 Å². The van der Waals surface area contributed by atoms with Gasteiger partial charge in [0.05, 0.1) is 0 Å². The second-order valence-electron chi connectivity index (χ2n) is 4.51. The van der Waals surface area contributed by atoms with Gasteiger partial charge in [0.25, 0.3) is 0 Å². The third kappa shape index (κ3) is 3.37. The molecule has 1 atom stereocenters. The van der Waals surface area contributed by atoms with Crippen LogP contribution in [0.1, 0.15) is 23.4 Å². The lowest BCUT2D eigenvalue weighted by Gasteiger charge is -2.09. The first-order chi connectivity index (χ1) is 9.61. The molecule has 0 unspecified atom stereocenters. The molecule has 1 amide bonds. The molecule has 0 bridgehead atoms. The van der Waals surface area contributed by atoms with E-state index in [1.165, 1.54) is 0 Å². The molecule has 1 heterocycles. The van der Waals surface area contributed by atoms with E-state index in [0.717, 1.165) is 21.6 Å². The number of benzene rings is 1. The zero-order valence-corrected chi connectivity index (χ0v) is 12.4. The predicted molar refractivity (Wildman–Crippen MR) is 81.6 cm³/mol. The standard InChI is InChI=1S/C15H18N2O2S/c1-10(16)14-7-12(9-20-14)13-6-4-3-5-11(13)8-19-15(18)17-2/h3-7,9-10H,8,16H2,1-2H3,(H,17,18)/t10-/m1/s1. The number of amides is 1. The number of nitrogens with two attached hydrogens (primary N) is 1. The molecular weight excluding hydrogens is 272 g/mol. The largest absolute Gasteiger partial charge is 0.445 e. The van der Waals surface area contributed by atoms with Crippen molar-refractivity contribution in [3.63, 3.8) is 0 Å². The van der Waals surface area contributed by atoms with E-state index in [2.05, 4.69) is 16.8 Å². The number of ether oxygens (including phenoxy) is 1. The van der Waals surface area contributed by atoms with E-state index in [-0.39, 0.29) is 12.6 Å². The number of rotatable bonds is 4. The lowest BCUT2D eigenvalue weighted by Crippen LogP contribution is -2.19. The Kier molecular flexibility index (Phi) is 4.76. The third-order valence-electron chi connectivity index (χ3n) is 2.96. The molecule has 1 aromatic carbocycles. The second-order valence-corrected chi connectivity index (χ2v) is 5.45. The van der Waals surface area contributed by atoms with E-state index < -0.39 is 6.09 Å². The highest BCUT2D eigenvalue weighted by Gasteiger charge is 2.10. The van der Waals surface area contributed by atoms with Gasteiger partial charge in [0.1, 0.15) is 6.61 Å². The van der Waals surface area contributed by atoms with Crippen LogP contribution in [0.3, 0.4) is 0 Å². The molecule has 0 aliphatic carbocycles. The van der Waals surface area contributed by atoms with Crippen LogP contribution in [0.5, 0.6) is 0 Å². The van der Waals surface area contributed by atoms with Crippen molar-refractivity contribution in [2.75, 3.05) is 7.05 Å². The molecule has 0 fully saturated rings. The molecule has 20 heavy (non-hydrogen) atoms. The molecule has 2 aromatic rings. The average Bonchev–Trinajstić information content (AvgIpc) is 2.95. The third-order valence-corrected chi connectivity index (χ3v) is 4.09. The monoisotopic (exact) mass is 290 g/mol. The van der Waals surface area contributed by atoms with Crippen molar-refractivity contribution in [1.29, 1.82) is 0 Å². The van der Waals surface area contributed by atoms with E-state index in [0.29, 0.717) is 0 Å². The Labute approximate surface area is 122 Å². The summed E-state index contributed by atoms with van der Waals surface area (Å²) in [6.07, 6.45) is -0.429. The Balaban J connectivity index is 2.24. The summed E-state index contributed by atoms with van der Waals surface area (Å²) in [5.74, 6) is 0. The minimum atomic E-state index is -0.429. The normalized spacial score (nSPS) is 11.9. The quantitative estimate of drug-likeness (QED) is 0.908. The van der Waals surface area contributed by atoms with Crippen molar-refractivity contribution in [3.8, 4) is 11.1 Å². The van der Waals surface area contributed by atoms with Crippen molar-refractivity contribution in [1.82, 2.24) is 5.32 Å². The van der Waals surface area contributed by atoms with Crippen LogP contribution in [-0.2, 0) is 11.3 Å². The maximum Gasteiger partial charge on any atom is 0.407 e. The molecule has 5 heteroatoms. The lowest BCUT2D eigenvalue weighted by atomic mass is 10.0. The molecule has 0 radical (unpaired) electrons. The van der Waals surface area contributed by atoms with Gasteiger partial charge < -0.3 is 15.8 Å². The lowest BCUT2D eigenvalue weighted by molar-refractivity contribution is 0.142. The van der Waals surface area contributed by atoms with Crippen molar-refractivity contribution in [2.45, 2.75) is 19.6 Å². The van der Waals surface area contributed by atoms with Crippen molar-refractivity contribution in [3.05, 3.63) is 46.2 Å². The van der Waals surface area contributed by atoms with E-state index in [9.17, 15) is 4.79 Å². The fraction of sp³-hybridized carbons (Fsp3) is 0.267. The van der Waals surface area contributed by atoms with Gasteiger partial charge in [-0.25, -0.2) is 4.79 Å². The summed E-state index contributed by atoms with van der Waals surface area (Å²) in [5, 5.41) is 4.52. The van der Waals surface area contributed by atoms with E-state index >= 15 is 0 Å². The number of carbonyl (C=O) groups excluding carboxylic acids is 1. The van der Waals surface area contributed by atoms with E-state index in [1.807, 2.05) is 31.2 Å². The molecule has 0 saturated carbocycles. The summed E-state index contributed by atoms with van der Waals surface area (Å²) in [6, 6.07) is 10.0. The Hall–Kier alpha value is -1.85. The van der Waals surface area contributed by atoms with Crippen LogP contribution in [0.15, 0.2) is 35.7 Å². The Bertz CT molecular complexity index is 593. The number of hydrogen-bond donors (Lipinski definition) is 2. The van der Waals surface area contributed by atoms with Crippen molar-refractivity contribution < 1.29 is 9.53 Å². The molecular formula is C15H18N2O2S. The molecule has 0 aliphatic heterocycles. The smallest absolute Gasteiger partial charge is 0.407 e. The zero-order valence-electron chi connectivity index (χ0n) is 11.6. The number of nitrogens with one attached hydrogen (secondary N) is 1. The van der Waals surface area contributed by atoms with Crippen LogP contribution < -0.4 is 11.1 Å². The molecule has 2 rings (SSSR count). The maximum absolute atomic E-state index is 11.2. The second kappa shape index (κ2) is 6.54. The first kappa shape index (κ1) is 14.6. The Morgan fingerprint density at radius 1 is 1.45 bits per heavy atom. The van der Waals surface area contributed by atoms with Gasteiger partial charge in [-0.2, -0.15) is 0 Å². The van der Waals surface area contributed by atoms with Gasteiger partial charge in [0.2, 0.25) is 0 Å². The Morgan fingerprint density at radius 2 is 2.20 bits per heavy atom. The van der Waals surface area contributed by atoms with Gasteiger partial charge in [-0.15, -0.1) is 11.3 Å². The SMILES string of the molecule is CNC(=O)OCc1ccccc1-c1csc([C@@H](C)N)c1. The van der Waals surface area contributed by atoms with Crippen LogP contribution in [-0.4, -0.2) is 13.1 Å². The van der Waals surface area contributed by atoms with Crippen LogP contribution in [0.25, 0.3) is 11.1 Å². The molecule has 0 aliphatic rings. The highest BCUT2D eigenvalue weighted by Crippen LogP contribution is 2.31. The Morgan fingerprint density at radius 3 is 2.85 bits per heavy atom. The number of alkyl carbamates (subject to hydrolysis) is 1. The van der Waals surface area contributed by atoms with Crippen LogP contribution in [0, 0.1) is 0 Å². The van der Waals surface area contributed by atoms with Gasteiger partial charge in [-0.05, 0) is 35.1 Å². The molecule has 106 valence electrons. The predicted octanol–water partition coefficient (Wildman–Crippen LogP) is 3.29. The van der Waals surface area contributed by atoms with Crippen LogP contribution in [0.4, 0.5) is 4.79 Å². The summed E-state index contributed by atoms with van der Waals surface area (Å²) in [7, 11) is 1.54. The minimum Gasteiger partial charge on any atom is -0.445 e. The van der Waals surface area contributed by atoms with E-state index in [4.69, 9.17) is 10.5 Å². The summed E-state index contributed by atoms with van der Waals surface area (Å²) in [4.78, 5) is 12.3. The van der Waals surface area contributed by atoms with Gasteiger partial charge in [-0.3, -0.25) is 0 Å². The number of hydrogen-bond acceptors (Lipinski definition) is 4. The van der Waals surface area contributed by atoms with E-state index in [1.54, 1.807) is 18.4 Å². The molecule has 1 aromatic heterocycles.